The van der Waals surface area contributed by atoms with Crippen LogP contribution >= 0.6 is 0 Å². The van der Waals surface area contributed by atoms with E-state index in [2.05, 4.69) is 5.32 Å². The number of hydrogen-bond donors (Lipinski definition) is 1. The largest absolute Gasteiger partial charge is 0.383 e. The summed E-state index contributed by atoms with van der Waals surface area (Å²) in [4.78, 5) is 13.6. The molecule has 0 unspecified atom stereocenters. The predicted octanol–water partition coefficient (Wildman–Crippen LogP) is 1.61. The number of methoxy groups -OCH3 is 1. The van der Waals surface area contributed by atoms with Gasteiger partial charge in [-0.3, -0.25) is 0 Å². The van der Waals surface area contributed by atoms with E-state index in [9.17, 15) is 4.79 Å². The Hall–Kier alpha value is -0.770. The third-order valence-corrected chi connectivity index (χ3v) is 3.03. The lowest BCUT2D eigenvalue weighted by molar-refractivity contribution is 0.117. The molecule has 88 valence electrons. The molecule has 1 aliphatic carbocycles. The minimum atomic E-state index is 0.0268. The summed E-state index contributed by atoms with van der Waals surface area (Å²) in [6, 6.07) is 0.438. The van der Waals surface area contributed by atoms with E-state index in [0.717, 1.165) is 12.8 Å². The molecule has 0 saturated heterocycles. The molecule has 0 heterocycles. The van der Waals surface area contributed by atoms with Gasteiger partial charge in [0.15, 0.2) is 0 Å². The zero-order valence-corrected chi connectivity index (χ0v) is 9.79. The van der Waals surface area contributed by atoms with E-state index in [-0.39, 0.29) is 6.03 Å². The second-order valence-corrected chi connectivity index (χ2v) is 4.03. The van der Waals surface area contributed by atoms with Crippen LogP contribution in [0, 0.1) is 0 Å². The van der Waals surface area contributed by atoms with Crippen molar-refractivity contribution < 1.29 is 9.53 Å². The van der Waals surface area contributed by atoms with E-state index < -0.39 is 0 Å². The Labute approximate surface area is 92.0 Å². The number of rotatable bonds is 4. The van der Waals surface area contributed by atoms with Crippen LogP contribution in [0.3, 0.4) is 0 Å². The van der Waals surface area contributed by atoms with Gasteiger partial charge in [0, 0.05) is 26.7 Å². The predicted molar refractivity (Wildman–Crippen MR) is 59.9 cm³/mol. The van der Waals surface area contributed by atoms with Gasteiger partial charge in [-0.2, -0.15) is 0 Å². The van der Waals surface area contributed by atoms with Crippen LogP contribution in [0.4, 0.5) is 4.79 Å². The van der Waals surface area contributed by atoms with Crippen LogP contribution in [-0.4, -0.2) is 44.3 Å². The number of ether oxygens (including phenoxy) is 1. The van der Waals surface area contributed by atoms with E-state index in [1.54, 1.807) is 14.2 Å². The summed E-state index contributed by atoms with van der Waals surface area (Å²) in [6.45, 7) is 1.31. The summed E-state index contributed by atoms with van der Waals surface area (Å²) in [5.74, 6) is 0. The topological polar surface area (TPSA) is 41.6 Å². The Kier molecular flexibility index (Phi) is 5.47. The lowest BCUT2D eigenvalue weighted by Crippen LogP contribution is -2.47. The van der Waals surface area contributed by atoms with Crippen LogP contribution in [0.2, 0.25) is 0 Å². The highest BCUT2D eigenvalue weighted by Gasteiger charge is 2.24. The van der Waals surface area contributed by atoms with Crippen molar-refractivity contribution in [1.82, 2.24) is 10.2 Å². The number of nitrogens with zero attached hydrogens (tertiary/aromatic N) is 1. The molecule has 4 heteroatoms. The van der Waals surface area contributed by atoms with Gasteiger partial charge in [0.2, 0.25) is 0 Å². The first-order valence-corrected chi connectivity index (χ1v) is 5.77. The molecule has 15 heavy (non-hydrogen) atoms. The Bertz CT molecular complexity index is 191. The zero-order valence-electron chi connectivity index (χ0n) is 9.79. The maximum absolute atomic E-state index is 11.7. The summed E-state index contributed by atoms with van der Waals surface area (Å²) < 4.78 is 5.04. The first-order chi connectivity index (χ1) is 7.29. The van der Waals surface area contributed by atoms with Gasteiger partial charge in [0.05, 0.1) is 6.61 Å². The van der Waals surface area contributed by atoms with E-state index in [4.69, 9.17) is 4.74 Å². The van der Waals surface area contributed by atoms with Crippen molar-refractivity contribution in [3.63, 3.8) is 0 Å². The van der Waals surface area contributed by atoms with Crippen molar-refractivity contribution in [2.24, 2.45) is 0 Å². The standard InChI is InChI=1S/C11H22N2O2/c1-12-11(14)13(8-9-15-2)10-6-4-3-5-7-10/h10H,3-9H2,1-2H3,(H,12,14). The number of carbonyl (C=O) groups excluding carboxylic acids is 1. The van der Waals surface area contributed by atoms with Gasteiger partial charge in [-0.05, 0) is 12.8 Å². The lowest BCUT2D eigenvalue weighted by Gasteiger charge is -2.33. The van der Waals surface area contributed by atoms with E-state index >= 15 is 0 Å². The average Bonchev–Trinajstić information content (AvgIpc) is 2.30. The summed E-state index contributed by atoms with van der Waals surface area (Å²) >= 11 is 0. The molecule has 2 amide bonds. The molecule has 1 rings (SSSR count). The van der Waals surface area contributed by atoms with Crippen LogP contribution in [0.1, 0.15) is 32.1 Å². The molecule has 0 aromatic rings. The normalized spacial score (nSPS) is 17.5. The number of carbonyl (C=O) groups is 1. The molecule has 1 aliphatic rings. The molecule has 4 nitrogen and oxygen atoms in total. The van der Waals surface area contributed by atoms with Crippen molar-refractivity contribution >= 4 is 6.03 Å². The molecule has 0 atom stereocenters. The van der Waals surface area contributed by atoms with Crippen molar-refractivity contribution in [1.29, 1.82) is 0 Å². The fraction of sp³-hybridized carbons (Fsp3) is 0.909. The van der Waals surface area contributed by atoms with Crippen molar-refractivity contribution in [2.75, 3.05) is 27.3 Å². The maximum atomic E-state index is 11.7. The Morgan fingerprint density at radius 1 is 1.40 bits per heavy atom. The number of hydrogen-bond acceptors (Lipinski definition) is 2. The highest BCUT2D eigenvalue weighted by atomic mass is 16.5. The Balaban J connectivity index is 2.49. The van der Waals surface area contributed by atoms with Gasteiger partial charge in [-0.1, -0.05) is 19.3 Å². The Morgan fingerprint density at radius 3 is 2.60 bits per heavy atom. The van der Waals surface area contributed by atoms with Gasteiger partial charge in [0.1, 0.15) is 0 Å². The van der Waals surface area contributed by atoms with Gasteiger partial charge in [-0.25, -0.2) is 4.79 Å². The fourth-order valence-electron chi connectivity index (χ4n) is 2.18. The third kappa shape index (κ3) is 3.70. The van der Waals surface area contributed by atoms with E-state index in [1.165, 1.54) is 19.3 Å². The molecule has 1 fully saturated rings. The molecular formula is C11H22N2O2. The molecule has 0 aromatic carbocycles. The van der Waals surface area contributed by atoms with Gasteiger partial charge < -0.3 is 15.0 Å². The van der Waals surface area contributed by atoms with Gasteiger partial charge in [0.25, 0.3) is 0 Å². The van der Waals surface area contributed by atoms with E-state index in [1.807, 2.05) is 4.90 Å². The van der Waals surface area contributed by atoms with Crippen LogP contribution in [-0.2, 0) is 4.74 Å². The SMILES string of the molecule is CNC(=O)N(CCOC)C1CCCCC1. The highest BCUT2D eigenvalue weighted by molar-refractivity contribution is 5.74. The van der Waals surface area contributed by atoms with Crippen LogP contribution in [0.5, 0.6) is 0 Å². The average molecular weight is 214 g/mol. The monoisotopic (exact) mass is 214 g/mol. The first kappa shape index (κ1) is 12.3. The molecule has 1 N–H and O–H groups in total. The molecular weight excluding hydrogens is 192 g/mol. The molecule has 0 aliphatic heterocycles. The number of amides is 2. The van der Waals surface area contributed by atoms with Crippen molar-refractivity contribution in [2.45, 2.75) is 38.1 Å². The third-order valence-electron chi connectivity index (χ3n) is 3.03. The molecule has 0 spiro atoms. The first-order valence-electron chi connectivity index (χ1n) is 5.77. The number of nitrogens with one attached hydrogen (secondary N) is 1. The second kappa shape index (κ2) is 6.67. The van der Waals surface area contributed by atoms with Crippen LogP contribution in [0.25, 0.3) is 0 Å². The minimum Gasteiger partial charge on any atom is -0.383 e. The second-order valence-electron chi connectivity index (χ2n) is 4.03. The lowest BCUT2D eigenvalue weighted by atomic mass is 9.94. The summed E-state index contributed by atoms with van der Waals surface area (Å²) in [5, 5.41) is 2.70. The molecule has 0 bridgehead atoms. The fourth-order valence-corrected chi connectivity index (χ4v) is 2.18. The Morgan fingerprint density at radius 2 is 2.07 bits per heavy atom. The molecule has 0 aromatic heterocycles. The summed E-state index contributed by atoms with van der Waals surface area (Å²) in [5.41, 5.74) is 0. The minimum absolute atomic E-state index is 0.0268. The van der Waals surface area contributed by atoms with Gasteiger partial charge in [-0.15, -0.1) is 0 Å². The van der Waals surface area contributed by atoms with Crippen LogP contribution < -0.4 is 5.32 Å². The molecule has 0 radical (unpaired) electrons. The maximum Gasteiger partial charge on any atom is 0.317 e. The zero-order chi connectivity index (χ0) is 11.1. The quantitative estimate of drug-likeness (QED) is 0.772. The summed E-state index contributed by atoms with van der Waals surface area (Å²) in [6.07, 6.45) is 6.06. The van der Waals surface area contributed by atoms with E-state index in [0.29, 0.717) is 19.2 Å². The number of urea groups is 1. The highest BCUT2D eigenvalue weighted by Crippen LogP contribution is 2.22. The van der Waals surface area contributed by atoms with Crippen molar-refractivity contribution in [3.05, 3.63) is 0 Å². The van der Waals surface area contributed by atoms with Gasteiger partial charge >= 0.3 is 6.03 Å². The van der Waals surface area contributed by atoms with Crippen LogP contribution in [0.15, 0.2) is 0 Å². The smallest absolute Gasteiger partial charge is 0.317 e. The summed E-state index contributed by atoms with van der Waals surface area (Å²) in [7, 11) is 3.36. The molecule has 1 saturated carbocycles. The van der Waals surface area contributed by atoms with Crippen molar-refractivity contribution in [3.8, 4) is 0 Å².